The lowest BCUT2D eigenvalue weighted by Crippen LogP contribution is -2.37. The highest BCUT2D eigenvalue weighted by molar-refractivity contribution is 5.76. The summed E-state index contributed by atoms with van der Waals surface area (Å²) >= 11 is 0. The molecule has 1 aliphatic heterocycles. The minimum absolute atomic E-state index is 0.0629. The van der Waals surface area contributed by atoms with E-state index in [0.717, 1.165) is 62.0 Å². The molecule has 0 radical (unpaired) electrons. The van der Waals surface area contributed by atoms with E-state index in [1.54, 1.807) is 7.11 Å². The number of aryl methyl sites for hydroxylation is 1. The van der Waals surface area contributed by atoms with E-state index in [0.29, 0.717) is 43.4 Å². The Balaban J connectivity index is 1.66. The Kier molecular flexibility index (Phi) is 12.5. The van der Waals surface area contributed by atoms with Crippen molar-refractivity contribution in [3.05, 3.63) is 35.0 Å². The summed E-state index contributed by atoms with van der Waals surface area (Å²) in [5, 5.41) is 3.52. The second-order valence-electron chi connectivity index (χ2n) is 10.3. The van der Waals surface area contributed by atoms with Crippen LogP contribution in [0.4, 0.5) is 11.8 Å². The van der Waals surface area contributed by atoms with Gasteiger partial charge in [0.2, 0.25) is 5.95 Å². The predicted octanol–water partition coefficient (Wildman–Crippen LogP) is 3.91. The number of carbonyl (C=O) groups excluding carboxylic acids is 2. The van der Waals surface area contributed by atoms with Crippen LogP contribution >= 0.6 is 0 Å². The lowest BCUT2D eigenvalue weighted by Gasteiger charge is -2.22. The molecule has 0 amide bonds. The summed E-state index contributed by atoms with van der Waals surface area (Å²) in [6.45, 7) is 7.98. The maximum absolute atomic E-state index is 12.0. The SMILES string of the molecule is CCC[C@@H](CCOC(C)=O)Nc1nc(N)nc(C)c1Cc1ccc(OCCCN2CCC[C@H]2C(=O)OC)cc1OC. The Morgan fingerprint density at radius 2 is 2.00 bits per heavy atom. The van der Waals surface area contributed by atoms with E-state index in [2.05, 4.69) is 27.1 Å². The van der Waals surface area contributed by atoms with Gasteiger partial charge in [-0.15, -0.1) is 0 Å². The van der Waals surface area contributed by atoms with Crippen LogP contribution in [0.2, 0.25) is 0 Å². The standard InChI is InChI=1S/C30H45N5O6/c1-6-9-23(13-17-40-21(3)36)33-28-25(20(2)32-30(31)34-28)18-22-11-12-24(19-27(22)38-4)41-16-8-15-35-14-7-10-26(35)29(37)39-5/h11-12,19,23,26H,6-10,13-18H2,1-5H3,(H3,31,32,33,34)/t23-,26-/m0/s1. The highest BCUT2D eigenvalue weighted by atomic mass is 16.5. The number of nitrogens with one attached hydrogen (secondary N) is 1. The Morgan fingerprint density at radius 1 is 1.20 bits per heavy atom. The van der Waals surface area contributed by atoms with Crippen LogP contribution in [0, 0.1) is 6.92 Å². The van der Waals surface area contributed by atoms with Crippen molar-refractivity contribution in [1.82, 2.24) is 14.9 Å². The molecule has 0 spiro atoms. The van der Waals surface area contributed by atoms with Crippen molar-refractivity contribution in [3.8, 4) is 11.5 Å². The molecule has 0 aliphatic carbocycles. The Hall–Kier alpha value is -3.60. The number of anilines is 2. The topological polar surface area (TPSA) is 138 Å². The summed E-state index contributed by atoms with van der Waals surface area (Å²) in [6, 6.07) is 5.73. The number of esters is 2. The fourth-order valence-electron chi connectivity index (χ4n) is 5.23. The van der Waals surface area contributed by atoms with Gasteiger partial charge in [-0.3, -0.25) is 14.5 Å². The number of nitrogen functional groups attached to an aromatic ring is 1. The second kappa shape index (κ2) is 16.0. The predicted molar refractivity (Wildman–Crippen MR) is 157 cm³/mol. The van der Waals surface area contributed by atoms with E-state index >= 15 is 0 Å². The molecule has 0 bridgehead atoms. The van der Waals surface area contributed by atoms with E-state index in [1.165, 1.54) is 14.0 Å². The van der Waals surface area contributed by atoms with Crippen LogP contribution in [-0.2, 0) is 25.5 Å². The number of aromatic nitrogens is 2. The minimum atomic E-state index is -0.290. The van der Waals surface area contributed by atoms with Gasteiger partial charge in [0.25, 0.3) is 0 Å². The molecule has 2 heterocycles. The first-order valence-electron chi connectivity index (χ1n) is 14.4. The molecule has 2 aromatic rings. The number of methoxy groups -OCH3 is 2. The zero-order valence-corrected chi connectivity index (χ0v) is 25.0. The van der Waals surface area contributed by atoms with Crippen molar-refractivity contribution in [3.63, 3.8) is 0 Å². The number of hydrogen-bond donors (Lipinski definition) is 2. The summed E-state index contributed by atoms with van der Waals surface area (Å²) in [4.78, 5) is 34.3. The average molecular weight is 572 g/mol. The summed E-state index contributed by atoms with van der Waals surface area (Å²) in [5.74, 6) is 1.84. The molecule has 3 N–H and O–H groups in total. The van der Waals surface area contributed by atoms with Gasteiger partial charge in [-0.25, -0.2) is 4.98 Å². The molecule has 1 saturated heterocycles. The van der Waals surface area contributed by atoms with E-state index in [1.807, 2.05) is 25.1 Å². The Morgan fingerprint density at radius 3 is 2.71 bits per heavy atom. The van der Waals surface area contributed by atoms with Gasteiger partial charge in [0.1, 0.15) is 23.4 Å². The summed E-state index contributed by atoms with van der Waals surface area (Å²) < 4.78 is 21.8. The molecule has 2 atom stereocenters. The summed E-state index contributed by atoms with van der Waals surface area (Å²) in [6.07, 6.45) is 5.69. The number of benzene rings is 1. The van der Waals surface area contributed by atoms with Crippen LogP contribution in [-0.4, -0.2) is 79.4 Å². The normalized spacial score (nSPS) is 15.8. The Labute approximate surface area is 243 Å². The maximum Gasteiger partial charge on any atom is 0.323 e. The van der Waals surface area contributed by atoms with Crippen molar-refractivity contribution in [1.29, 1.82) is 0 Å². The van der Waals surface area contributed by atoms with Crippen LogP contribution in [0.3, 0.4) is 0 Å². The van der Waals surface area contributed by atoms with Crippen molar-refractivity contribution in [2.45, 2.75) is 77.8 Å². The van der Waals surface area contributed by atoms with Gasteiger partial charge < -0.3 is 30.0 Å². The molecule has 1 aromatic carbocycles. The first-order chi connectivity index (χ1) is 19.7. The first kappa shape index (κ1) is 31.9. The molecule has 3 rings (SSSR count). The number of nitrogens with two attached hydrogens (primary N) is 1. The minimum Gasteiger partial charge on any atom is -0.496 e. The van der Waals surface area contributed by atoms with E-state index in [9.17, 15) is 9.59 Å². The molecule has 41 heavy (non-hydrogen) atoms. The first-order valence-corrected chi connectivity index (χ1v) is 14.4. The highest BCUT2D eigenvalue weighted by Gasteiger charge is 2.30. The number of likely N-dealkylation sites (tertiary alicyclic amines) is 1. The van der Waals surface area contributed by atoms with Crippen molar-refractivity contribution < 1.29 is 28.5 Å². The lowest BCUT2D eigenvalue weighted by molar-refractivity contribution is -0.146. The van der Waals surface area contributed by atoms with Crippen LogP contribution in [0.25, 0.3) is 0 Å². The molecule has 1 aliphatic rings. The number of hydrogen-bond acceptors (Lipinski definition) is 11. The van der Waals surface area contributed by atoms with Gasteiger partial charge in [-0.2, -0.15) is 4.98 Å². The van der Waals surface area contributed by atoms with Gasteiger partial charge in [0.05, 0.1) is 27.4 Å². The van der Waals surface area contributed by atoms with Crippen LogP contribution in [0.1, 0.15) is 69.2 Å². The molecule has 11 heteroatoms. The number of ether oxygens (including phenoxy) is 4. The fraction of sp³-hybridized carbons (Fsp3) is 0.600. The highest BCUT2D eigenvalue weighted by Crippen LogP contribution is 2.30. The van der Waals surface area contributed by atoms with Crippen LogP contribution in [0.5, 0.6) is 11.5 Å². The number of nitrogens with zero attached hydrogens (tertiary/aromatic N) is 3. The third-order valence-electron chi connectivity index (χ3n) is 7.30. The van der Waals surface area contributed by atoms with Gasteiger partial charge in [0, 0.05) is 49.7 Å². The molecule has 226 valence electrons. The molecule has 1 aromatic heterocycles. The van der Waals surface area contributed by atoms with E-state index in [4.69, 9.17) is 24.7 Å². The van der Waals surface area contributed by atoms with E-state index in [-0.39, 0.29) is 30.0 Å². The summed E-state index contributed by atoms with van der Waals surface area (Å²) in [7, 11) is 3.08. The van der Waals surface area contributed by atoms with Crippen LogP contribution < -0.4 is 20.5 Å². The zero-order chi connectivity index (χ0) is 29.8. The number of carbonyl (C=O) groups is 2. The van der Waals surface area contributed by atoms with Crippen molar-refractivity contribution in [2.75, 3.05) is 51.6 Å². The van der Waals surface area contributed by atoms with Crippen molar-refractivity contribution >= 4 is 23.7 Å². The molecular weight excluding hydrogens is 526 g/mol. The Bertz CT molecular complexity index is 1160. The van der Waals surface area contributed by atoms with Gasteiger partial charge in [-0.1, -0.05) is 19.4 Å². The lowest BCUT2D eigenvalue weighted by atomic mass is 10.0. The zero-order valence-electron chi connectivity index (χ0n) is 25.0. The molecule has 0 saturated carbocycles. The van der Waals surface area contributed by atoms with Crippen LogP contribution in [0.15, 0.2) is 18.2 Å². The molecular formula is C30H45N5O6. The monoisotopic (exact) mass is 571 g/mol. The summed E-state index contributed by atoms with van der Waals surface area (Å²) in [5.41, 5.74) is 8.68. The quantitative estimate of drug-likeness (QED) is 0.224. The third-order valence-corrected chi connectivity index (χ3v) is 7.30. The van der Waals surface area contributed by atoms with Crippen molar-refractivity contribution in [2.24, 2.45) is 0 Å². The fourth-order valence-corrected chi connectivity index (χ4v) is 5.23. The molecule has 1 fully saturated rings. The third kappa shape index (κ3) is 9.48. The number of rotatable bonds is 16. The smallest absolute Gasteiger partial charge is 0.323 e. The molecule has 11 nitrogen and oxygen atoms in total. The maximum atomic E-state index is 12.0. The largest absolute Gasteiger partial charge is 0.496 e. The van der Waals surface area contributed by atoms with Gasteiger partial charge in [0.15, 0.2) is 0 Å². The molecule has 0 unspecified atom stereocenters. The van der Waals surface area contributed by atoms with E-state index < -0.39 is 0 Å². The average Bonchev–Trinajstić information content (AvgIpc) is 3.41. The van der Waals surface area contributed by atoms with Gasteiger partial charge >= 0.3 is 11.9 Å². The van der Waals surface area contributed by atoms with Gasteiger partial charge in [-0.05, 0) is 50.8 Å². The second-order valence-corrected chi connectivity index (χ2v) is 10.3.